The highest BCUT2D eigenvalue weighted by atomic mass is 16.5. The molecule has 0 aromatic carbocycles. The number of hydrogen-bond donors (Lipinski definition) is 2. The molecule has 0 aromatic heterocycles. The van der Waals surface area contributed by atoms with Crippen LogP contribution in [0.3, 0.4) is 0 Å². The Morgan fingerprint density at radius 1 is 1.25 bits per heavy atom. The van der Waals surface area contributed by atoms with E-state index in [0.29, 0.717) is 12.8 Å². The molecule has 1 fully saturated rings. The van der Waals surface area contributed by atoms with Gasteiger partial charge in [-0.3, -0.25) is 14.6 Å². The molecule has 2 N–H and O–H groups in total. The lowest BCUT2D eigenvalue weighted by molar-refractivity contribution is -0.140. The summed E-state index contributed by atoms with van der Waals surface area (Å²) in [6.07, 6.45) is 6.04. The highest BCUT2D eigenvalue weighted by Gasteiger charge is 2.25. The summed E-state index contributed by atoms with van der Waals surface area (Å²) in [5.74, 6) is 0.874. The SMILES string of the molecule is CCC(=O)N1CCC(NC(=NC)NCCCCCCC(=O)OC)C1. The molecule has 0 saturated carbocycles. The molecular weight excluding hydrogens is 308 g/mol. The van der Waals surface area contributed by atoms with Crippen molar-refractivity contribution in [3.05, 3.63) is 0 Å². The first-order valence-corrected chi connectivity index (χ1v) is 8.92. The van der Waals surface area contributed by atoms with E-state index in [1.165, 1.54) is 7.11 Å². The maximum atomic E-state index is 11.7. The number of methoxy groups -OCH3 is 1. The fourth-order valence-electron chi connectivity index (χ4n) is 2.77. The molecule has 0 aromatic rings. The molecular formula is C17H32N4O3. The van der Waals surface area contributed by atoms with Crippen LogP contribution in [0.15, 0.2) is 4.99 Å². The molecule has 24 heavy (non-hydrogen) atoms. The third kappa shape index (κ3) is 7.66. The molecule has 1 atom stereocenters. The Balaban J connectivity index is 2.11. The largest absolute Gasteiger partial charge is 0.469 e. The Bertz CT molecular complexity index is 426. The van der Waals surface area contributed by atoms with E-state index < -0.39 is 0 Å². The second-order valence-corrected chi connectivity index (χ2v) is 6.06. The highest BCUT2D eigenvalue weighted by Crippen LogP contribution is 2.10. The normalized spacial score (nSPS) is 17.7. The number of rotatable bonds is 9. The summed E-state index contributed by atoms with van der Waals surface area (Å²) >= 11 is 0. The monoisotopic (exact) mass is 340 g/mol. The lowest BCUT2D eigenvalue weighted by Crippen LogP contribution is -2.45. The van der Waals surface area contributed by atoms with E-state index in [4.69, 9.17) is 0 Å². The van der Waals surface area contributed by atoms with Crippen LogP contribution in [0.5, 0.6) is 0 Å². The van der Waals surface area contributed by atoms with Crippen molar-refractivity contribution in [3.8, 4) is 0 Å². The quantitative estimate of drug-likeness (QED) is 0.286. The second kappa shape index (κ2) is 11.7. The van der Waals surface area contributed by atoms with Gasteiger partial charge < -0.3 is 20.3 Å². The Morgan fingerprint density at radius 3 is 2.67 bits per heavy atom. The number of carbonyl (C=O) groups excluding carboxylic acids is 2. The van der Waals surface area contributed by atoms with E-state index in [0.717, 1.165) is 57.7 Å². The van der Waals surface area contributed by atoms with Crippen LogP contribution in [-0.4, -0.2) is 62.6 Å². The lowest BCUT2D eigenvalue weighted by atomic mass is 10.1. The van der Waals surface area contributed by atoms with E-state index in [2.05, 4.69) is 20.4 Å². The molecule has 1 unspecified atom stereocenters. The molecule has 1 rings (SSSR count). The molecule has 0 radical (unpaired) electrons. The first-order chi connectivity index (χ1) is 11.6. The van der Waals surface area contributed by atoms with Crippen molar-refractivity contribution in [1.29, 1.82) is 0 Å². The average molecular weight is 340 g/mol. The summed E-state index contributed by atoms with van der Waals surface area (Å²) in [5, 5.41) is 6.69. The van der Waals surface area contributed by atoms with Crippen LogP contribution in [-0.2, 0) is 14.3 Å². The predicted molar refractivity (Wildman–Crippen MR) is 94.9 cm³/mol. The van der Waals surface area contributed by atoms with Crippen molar-refractivity contribution in [2.75, 3.05) is 33.8 Å². The van der Waals surface area contributed by atoms with Crippen LogP contribution in [0.4, 0.5) is 0 Å². The molecule has 1 aliphatic rings. The molecule has 1 amide bonds. The van der Waals surface area contributed by atoms with Crippen LogP contribution < -0.4 is 10.6 Å². The summed E-state index contributed by atoms with van der Waals surface area (Å²) in [6, 6.07) is 0.270. The highest BCUT2D eigenvalue weighted by molar-refractivity contribution is 5.80. The van der Waals surface area contributed by atoms with Gasteiger partial charge >= 0.3 is 5.97 Å². The van der Waals surface area contributed by atoms with E-state index in [-0.39, 0.29) is 17.9 Å². The minimum absolute atomic E-state index is 0.134. The van der Waals surface area contributed by atoms with Crippen LogP contribution in [0.25, 0.3) is 0 Å². The summed E-state index contributed by atoms with van der Waals surface area (Å²) in [7, 11) is 3.18. The first-order valence-electron chi connectivity index (χ1n) is 8.92. The molecule has 1 heterocycles. The van der Waals surface area contributed by atoms with Gasteiger partial charge in [-0.25, -0.2) is 0 Å². The number of ether oxygens (including phenoxy) is 1. The van der Waals surface area contributed by atoms with Crippen molar-refractivity contribution < 1.29 is 14.3 Å². The van der Waals surface area contributed by atoms with Gasteiger partial charge in [0, 0.05) is 45.6 Å². The van der Waals surface area contributed by atoms with Crippen LogP contribution in [0, 0.1) is 0 Å². The Kier molecular flexibility index (Phi) is 9.88. The van der Waals surface area contributed by atoms with E-state index in [9.17, 15) is 9.59 Å². The second-order valence-electron chi connectivity index (χ2n) is 6.06. The topological polar surface area (TPSA) is 83.0 Å². The van der Waals surface area contributed by atoms with Gasteiger partial charge in [0.15, 0.2) is 5.96 Å². The molecule has 7 heteroatoms. The van der Waals surface area contributed by atoms with Gasteiger partial charge in [0.1, 0.15) is 0 Å². The predicted octanol–water partition coefficient (Wildman–Crippen LogP) is 1.29. The zero-order valence-corrected chi connectivity index (χ0v) is 15.3. The number of unbranched alkanes of at least 4 members (excludes halogenated alkanes) is 3. The number of hydrogen-bond acceptors (Lipinski definition) is 4. The zero-order valence-electron chi connectivity index (χ0n) is 15.3. The molecule has 0 bridgehead atoms. The van der Waals surface area contributed by atoms with Crippen molar-refractivity contribution >= 4 is 17.8 Å². The first kappa shape index (κ1) is 20.3. The van der Waals surface area contributed by atoms with Gasteiger partial charge in [0.05, 0.1) is 7.11 Å². The lowest BCUT2D eigenvalue weighted by Gasteiger charge is -2.18. The third-order valence-electron chi connectivity index (χ3n) is 4.24. The molecule has 138 valence electrons. The van der Waals surface area contributed by atoms with Crippen molar-refractivity contribution in [2.24, 2.45) is 4.99 Å². The van der Waals surface area contributed by atoms with Gasteiger partial charge in [0.25, 0.3) is 0 Å². The van der Waals surface area contributed by atoms with Crippen LogP contribution >= 0.6 is 0 Å². The number of guanidine groups is 1. The average Bonchev–Trinajstić information content (AvgIpc) is 3.07. The number of esters is 1. The van der Waals surface area contributed by atoms with E-state index in [1.54, 1.807) is 7.05 Å². The molecule has 0 spiro atoms. The van der Waals surface area contributed by atoms with Crippen LogP contribution in [0.2, 0.25) is 0 Å². The Labute approximate surface area is 145 Å². The number of aliphatic imine (C=N–C) groups is 1. The Hall–Kier alpha value is -1.79. The Morgan fingerprint density at radius 2 is 2.00 bits per heavy atom. The van der Waals surface area contributed by atoms with Gasteiger partial charge in [-0.2, -0.15) is 0 Å². The molecule has 1 saturated heterocycles. The van der Waals surface area contributed by atoms with Crippen molar-refractivity contribution in [2.45, 2.75) is 57.9 Å². The smallest absolute Gasteiger partial charge is 0.305 e. The number of likely N-dealkylation sites (tertiary alicyclic amines) is 1. The number of amides is 1. The summed E-state index contributed by atoms with van der Waals surface area (Å²) in [6.45, 7) is 4.32. The van der Waals surface area contributed by atoms with Gasteiger partial charge in [-0.15, -0.1) is 0 Å². The van der Waals surface area contributed by atoms with Crippen LogP contribution in [0.1, 0.15) is 51.9 Å². The molecule has 0 aliphatic carbocycles. The van der Waals surface area contributed by atoms with Gasteiger partial charge in [0.2, 0.25) is 5.91 Å². The number of nitrogens with one attached hydrogen (secondary N) is 2. The fourth-order valence-corrected chi connectivity index (χ4v) is 2.77. The zero-order chi connectivity index (χ0) is 17.8. The van der Waals surface area contributed by atoms with E-state index >= 15 is 0 Å². The standard InChI is InChI=1S/C17H32N4O3/c1-4-15(22)21-12-10-14(13-21)20-17(18-2)19-11-8-6-5-7-9-16(23)24-3/h14H,4-13H2,1-3H3,(H2,18,19,20). The maximum absolute atomic E-state index is 11.7. The number of carbonyl (C=O) groups is 2. The summed E-state index contributed by atoms with van der Waals surface area (Å²) < 4.78 is 4.62. The minimum Gasteiger partial charge on any atom is -0.469 e. The number of nitrogens with zero attached hydrogens (tertiary/aromatic N) is 2. The molecule has 1 aliphatic heterocycles. The maximum Gasteiger partial charge on any atom is 0.305 e. The minimum atomic E-state index is -0.134. The third-order valence-corrected chi connectivity index (χ3v) is 4.24. The summed E-state index contributed by atoms with van der Waals surface area (Å²) in [4.78, 5) is 28.8. The fraction of sp³-hybridized carbons (Fsp3) is 0.824. The van der Waals surface area contributed by atoms with E-state index in [1.807, 2.05) is 11.8 Å². The van der Waals surface area contributed by atoms with Crippen molar-refractivity contribution in [1.82, 2.24) is 15.5 Å². The van der Waals surface area contributed by atoms with Gasteiger partial charge in [-0.1, -0.05) is 19.8 Å². The molecule has 7 nitrogen and oxygen atoms in total. The van der Waals surface area contributed by atoms with Gasteiger partial charge in [-0.05, 0) is 19.3 Å². The summed E-state index contributed by atoms with van der Waals surface area (Å²) in [5.41, 5.74) is 0. The van der Waals surface area contributed by atoms with Crippen molar-refractivity contribution in [3.63, 3.8) is 0 Å².